The number of carbonyl (C=O) groups excluding carboxylic acids is 5. The molecule has 3 aromatic rings. The van der Waals surface area contributed by atoms with Crippen molar-refractivity contribution in [2.24, 2.45) is 0 Å². The molecular formula is C30H37IN8O7. The number of aromatic amines is 2. The van der Waals surface area contributed by atoms with Gasteiger partial charge in [0.15, 0.2) is 0 Å². The van der Waals surface area contributed by atoms with Crippen LogP contribution in [-0.4, -0.2) is 103 Å². The second-order valence-corrected chi connectivity index (χ2v) is 12.3. The topological polar surface area (TPSA) is 211 Å². The van der Waals surface area contributed by atoms with Gasteiger partial charge in [-0.05, 0) is 68.3 Å². The van der Waals surface area contributed by atoms with Gasteiger partial charge in [0.1, 0.15) is 30.0 Å². The van der Waals surface area contributed by atoms with Crippen LogP contribution in [0.5, 0.6) is 0 Å². The van der Waals surface area contributed by atoms with Crippen molar-refractivity contribution >= 4 is 52.2 Å². The first kappa shape index (κ1) is 34.6. The SMILES string of the molecule is COC(=O)[C@@H]1CCCN1C(=O)[C@H](Cc1cnc[nH]1)NC(=O)[C@H](C)NC(=O)[C@@H](NC(=O)c1cc(I)ccc1-c1cnc(C)[nH]1)[C@@H](C)O. The summed E-state index contributed by atoms with van der Waals surface area (Å²) in [6.45, 7) is 4.85. The molecule has 46 heavy (non-hydrogen) atoms. The van der Waals surface area contributed by atoms with Gasteiger partial charge in [-0.15, -0.1) is 0 Å². The van der Waals surface area contributed by atoms with E-state index in [-0.39, 0.29) is 12.0 Å². The zero-order valence-electron chi connectivity index (χ0n) is 25.8. The maximum atomic E-state index is 13.6. The summed E-state index contributed by atoms with van der Waals surface area (Å²) < 4.78 is 5.63. The van der Waals surface area contributed by atoms with Gasteiger partial charge in [-0.1, -0.05) is 6.07 Å². The standard InChI is InChI=1S/C30H37IN8O7/c1-15(26(41)37-22(11-19-12-32-14-34-19)29(44)39-9-5-6-24(39)30(45)46-4)35-28(43)25(16(2)40)38-27(42)21-10-18(31)7-8-20(21)23-13-33-17(3)36-23/h7-8,10,12-16,22,24-25,40H,5-6,9,11H2,1-4H3,(H,32,34)(H,33,36)(H,35,43)(H,37,41)(H,38,42)/t15-,16+,22-,24-,25-/m0/s1. The highest BCUT2D eigenvalue weighted by Gasteiger charge is 2.39. The number of aliphatic hydroxyl groups excluding tert-OH is 1. The second kappa shape index (κ2) is 15.3. The molecule has 5 atom stereocenters. The van der Waals surface area contributed by atoms with Crippen LogP contribution in [0.1, 0.15) is 48.6 Å². The van der Waals surface area contributed by atoms with E-state index >= 15 is 0 Å². The normalized spacial score (nSPS) is 17.0. The molecule has 6 N–H and O–H groups in total. The zero-order valence-corrected chi connectivity index (χ0v) is 28.0. The third-order valence-electron chi connectivity index (χ3n) is 7.63. The number of benzene rings is 1. The quantitative estimate of drug-likeness (QED) is 0.113. The van der Waals surface area contributed by atoms with Gasteiger partial charge in [0, 0.05) is 39.6 Å². The lowest BCUT2D eigenvalue weighted by Crippen LogP contribution is -2.59. The molecule has 15 nitrogen and oxygen atoms in total. The first-order chi connectivity index (χ1) is 21.9. The Balaban J connectivity index is 1.46. The highest BCUT2D eigenvalue weighted by Crippen LogP contribution is 2.25. The minimum Gasteiger partial charge on any atom is -0.467 e. The van der Waals surface area contributed by atoms with Gasteiger partial charge in [0.05, 0.1) is 31.4 Å². The first-order valence-corrected chi connectivity index (χ1v) is 15.7. The minimum atomic E-state index is -1.41. The smallest absolute Gasteiger partial charge is 0.328 e. The monoisotopic (exact) mass is 748 g/mol. The predicted octanol–water partition coefficient (Wildman–Crippen LogP) is 0.588. The van der Waals surface area contributed by atoms with E-state index in [1.54, 1.807) is 25.3 Å². The third kappa shape index (κ3) is 8.28. The molecule has 1 aliphatic rings. The molecule has 1 fully saturated rings. The van der Waals surface area contributed by atoms with Crippen LogP contribution < -0.4 is 16.0 Å². The van der Waals surface area contributed by atoms with E-state index in [4.69, 9.17) is 4.74 Å². The Kier molecular flexibility index (Phi) is 11.5. The molecule has 0 unspecified atom stereocenters. The number of imidazole rings is 2. The van der Waals surface area contributed by atoms with E-state index in [0.717, 1.165) is 3.57 Å². The van der Waals surface area contributed by atoms with Gasteiger partial charge < -0.3 is 40.7 Å². The van der Waals surface area contributed by atoms with Gasteiger partial charge >= 0.3 is 5.97 Å². The molecule has 4 rings (SSSR count). The number of aliphatic hydroxyl groups is 1. The molecule has 4 amide bonds. The summed E-state index contributed by atoms with van der Waals surface area (Å²) in [4.78, 5) is 81.5. The number of ether oxygens (including phenoxy) is 1. The Morgan fingerprint density at radius 1 is 1.13 bits per heavy atom. The number of methoxy groups -OCH3 is 1. The fourth-order valence-corrected chi connectivity index (χ4v) is 5.71. The van der Waals surface area contributed by atoms with Crippen molar-refractivity contribution in [3.63, 3.8) is 0 Å². The van der Waals surface area contributed by atoms with Gasteiger partial charge in [-0.25, -0.2) is 14.8 Å². The number of H-pyrrole nitrogens is 2. The van der Waals surface area contributed by atoms with E-state index < -0.39 is 59.9 Å². The molecule has 246 valence electrons. The number of halogens is 1. The molecule has 0 spiro atoms. The zero-order chi connectivity index (χ0) is 33.5. The van der Waals surface area contributed by atoms with Crippen LogP contribution in [0.4, 0.5) is 0 Å². The van der Waals surface area contributed by atoms with E-state index in [0.29, 0.717) is 42.2 Å². The summed E-state index contributed by atoms with van der Waals surface area (Å²) in [7, 11) is 1.25. The number of amides is 4. The van der Waals surface area contributed by atoms with Crippen LogP contribution in [0.3, 0.4) is 0 Å². The van der Waals surface area contributed by atoms with E-state index in [1.807, 2.05) is 6.07 Å². The maximum absolute atomic E-state index is 13.6. The van der Waals surface area contributed by atoms with Crippen molar-refractivity contribution < 1.29 is 33.8 Å². The number of rotatable bonds is 12. The third-order valence-corrected chi connectivity index (χ3v) is 8.30. The summed E-state index contributed by atoms with van der Waals surface area (Å²) in [6.07, 6.45) is 4.32. The Labute approximate surface area is 278 Å². The van der Waals surface area contributed by atoms with Crippen LogP contribution >= 0.6 is 22.6 Å². The van der Waals surface area contributed by atoms with Crippen LogP contribution in [0.15, 0.2) is 36.9 Å². The number of aryl methyl sites for hydroxylation is 1. The lowest BCUT2D eigenvalue weighted by atomic mass is 10.0. The molecule has 1 aromatic carbocycles. The molecule has 0 saturated carbocycles. The molecule has 2 aromatic heterocycles. The van der Waals surface area contributed by atoms with Crippen molar-refractivity contribution in [2.45, 2.75) is 70.3 Å². The summed E-state index contributed by atoms with van der Waals surface area (Å²) in [5.41, 5.74) is 1.98. The number of aromatic nitrogens is 4. The maximum Gasteiger partial charge on any atom is 0.328 e. The molecule has 3 heterocycles. The molecule has 1 aliphatic heterocycles. The molecule has 1 saturated heterocycles. The van der Waals surface area contributed by atoms with Gasteiger partial charge in [0.2, 0.25) is 17.7 Å². The van der Waals surface area contributed by atoms with Crippen LogP contribution in [0.2, 0.25) is 0 Å². The Bertz CT molecular complexity index is 1570. The number of hydrogen-bond acceptors (Lipinski definition) is 9. The minimum absolute atomic E-state index is 0.0516. The number of nitrogens with one attached hydrogen (secondary N) is 5. The average Bonchev–Trinajstić information content (AvgIpc) is 3.81. The van der Waals surface area contributed by atoms with E-state index in [1.165, 1.54) is 38.4 Å². The average molecular weight is 749 g/mol. The summed E-state index contributed by atoms with van der Waals surface area (Å²) in [5, 5.41) is 18.2. The van der Waals surface area contributed by atoms with Crippen LogP contribution in [0, 0.1) is 10.5 Å². The Hall–Kier alpha value is -4.32. The van der Waals surface area contributed by atoms with Crippen LogP contribution in [-0.2, 0) is 30.3 Å². The lowest BCUT2D eigenvalue weighted by Gasteiger charge is -2.29. The van der Waals surface area contributed by atoms with Gasteiger partial charge in [0.25, 0.3) is 5.91 Å². The van der Waals surface area contributed by atoms with Gasteiger partial charge in [-0.2, -0.15) is 0 Å². The second-order valence-electron chi connectivity index (χ2n) is 11.0. The Morgan fingerprint density at radius 3 is 2.52 bits per heavy atom. The largest absolute Gasteiger partial charge is 0.467 e. The Morgan fingerprint density at radius 2 is 1.89 bits per heavy atom. The number of likely N-dealkylation sites (tertiary alicyclic amines) is 1. The number of nitrogens with zero attached hydrogens (tertiary/aromatic N) is 3. The van der Waals surface area contributed by atoms with E-state index in [2.05, 4.69) is 58.5 Å². The number of esters is 1. The number of carbonyl (C=O) groups is 5. The molecule has 16 heteroatoms. The summed E-state index contributed by atoms with van der Waals surface area (Å²) >= 11 is 2.07. The summed E-state index contributed by atoms with van der Waals surface area (Å²) in [6, 6.07) is 0.794. The fraction of sp³-hybridized carbons (Fsp3) is 0.433. The van der Waals surface area contributed by atoms with Crippen molar-refractivity contribution in [1.82, 2.24) is 40.8 Å². The molecular weight excluding hydrogens is 711 g/mol. The van der Waals surface area contributed by atoms with Gasteiger partial charge in [-0.3, -0.25) is 19.2 Å². The summed E-state index contributed by atoms with van der Waals surface area (Å²) in [5.74, 6) is -2.48. The van der Waals surface area contributed by atoms with Crippen molar-refractivity contribution in [3.05, 3.63) is 57.6 Å². The first-order valence-electron chi connectivity index (χ1n) is 14.7. The molecule has 0 bridgehead atoms. The van der Waals surface area contributed by atoms with Crippen molar-refractivity contribution in [2.75, 3.05) is 13.7 Å². The number of hydrogen-bond donors (Lipinski definition) is 6. The molecule has 0 aliphatic carbocycles. The predicted molar refractivity (Wildman–Crippen MR) is 173 cm³/mol. The van der Waals surface area contributed by atoms with Crippen molar-refractivity contribution in [1.29, 1.82) is 0 Å². The highest BCUT2D eigenvalue weighted by molar-refractivity contribution is 14.1. The van der Waals surface area contributed by atoms with E-state index in [9.17, 15) is 29.1 Å². The fourth-order valence-electron chi connectivity index (χ4n) is 5.21. The highest BCUT2D eigenvalue weighted by atomic mass is 127. The van der Waals surface area contributed by atoms with Crippen molar-refractivity contribution in [3.8, 4) is 11.3 Å². The molecule has 0 radical (unpaired) electrons. The van der Waals surface area contributed by atoms with Crippen LogP contribution in [0.25, 0.3) is 11.3 Å². The lowest BCUT2D eigenvalue weighted by molar-refractivity contribution is -0.152.